The van der Waals surface area contributed by atoms with E-state index in [1.165, 1.54) is 18.4 Å². The Balaban J connectivity index is 0.000000605. The van der Waals surface area contributed by atoms with Crippen LogP contribution in [0.5, 0.6) is 0 Å². The molecule has 0 nitrogen and oxygen atoms in total. The Kier molecular flexibility index (Phi) is 3.10. The van der Waals surface area contributed by atoms with Crippen LogP contribution >= 0.6 is 0 Å². The summed E-state index contributed by atoms with van der Waals surface area (Å²) in [7, 11) is 0. The molecule has 0 aromatic carbocycles. The number of rotatable bonds is 0. The fraction of sp³-hybridized carbons (Fsp3) is 0.700. The largest absolute Gasteiger partial charge is 1.00 e. The van der Waals surface area contributed by atoms with Crippen molar-refractivity contribution in [2.24, 2.45) is 17.3 Å². The Morgan fingerprint density at radius 2 is 2.18 bits per heavy atom. The van der Waals surface area contributed by atoms with Gasteiger partial charge in [0.15, 0.2) is 0 Å². The van der Waals surface area contributed by atoms with Crippen molar-refractivity contribution >= 4 is 0 Å². The second-order valence-electron chi connectivity index (χ2n) is 4.39. The Morgan fingerprint density at radius 3 is 2.45 bits per heavy atom. The first kappa shape index (κ1) is 10.5. The van der Waals surface area contributed by atoms with Gasteiger partial charge in [-0.3, -0.25) is 0 Å². The van der Waals surface area contributed by atoms with Crippen LogP contribution in [0.15, 0.2) is 11.6 Å². The molecule has 0 aliphatic heterocycles. The van der Waals surface area contributed by atoms with Crippen molar-refractivity contribution in [2.45, 2.75) is 26.7 Å². The first-order valence-corrected chi connectivity index (χ1v) is 4.13. The van der Waals surface area contributed by atoms with Crippen molar-refractivity contribution in [1.29, 1.82) is 0 Å². The van der Waals surface area contributed by atoms with Crippen molar-refractivity contribution in [3.63, 3.8) is 0 Å². The van der Waals surface area contributed by atoms with Gasteiger partial charge in [0.05, 0.1) is 0 Å². The maximum atomic E-state index is 4.00. The summed E-state index contributed by atoms with van der Waals surface area (Å²) >= 11 is 0. The molecule has 3 aliphatic rings. The molecular formula is C10H15K+. The molecule has 0 aromatic heterocycles. The SMILES string of the molecule is [CH2]C1=CC2CC(C1)C2(C)C.[K+]. The fourth-order valence-corrected chi connectivity index (χ4v) is 2.35. The summed E-state index contributed by atoms with van der Waals surface area (Å²) in [5, 5.41) is 0. The van der Waals surface area contributed by atoms with Gasteiger partial charge in [0, 0.05) is 0 Å². The van der Waals surface area contributed by atoms with Crippen LogP contribution in [-0.4, -0.2) is 0 Å². The minimum Gasteiger partial charge on any atom is -0.0816 e. The van der Waals surface area contributed by atoms with E-state index < -0.39 is 0 Å². The maximum absolute atomic E-state index is 4.00. The van der Waals surface area contributed by atoms with Gasteiger partial charge < -0.3 is 0 Å². The molecule has 1 fully saturated rings. The van der Waals surface area contributed by atoms with E-state index in [0.717, 1.165) is 11.8 Å². The predicted molar refractivity (Wildman–Crippen MR) is 43.4 cm³/mol. The summed E-state index contributed by atoms with van der Waals surface area (Å²) in [6, 6.07) is 0. The first-order valence-electron chi connectivity index (χ1n) is 4.13. The molecule has 2 bridgehead atoms. The van der Waals surface area contributed by atoms with Crippen LogP contribution in [0.3, 0.4) is 0 Å². The van der Waals surface area contributed by atoms with Crippen LogP contribution in [0.25, 0.3) is 0 Å². The summed E-state index contributed by atoms with van der Waals surface area (Å²) < 4.78 is 0. The van der Waals surface area contributed by atoms with E-state index in [0.29, 0.717) is 5.41 Å². The number of allylic oxidation sites excluding steroid dienone is 2. The topological polar surface area (TPSA) is 0 Å². The summed E-state index contributed by atoms with van der Waals surface area (Å²) in [6.45, 7) is 8.77. The normalized spacial score (nSPS) is 38.3. The van der Waals surface area contributed by atoms with Gasteiger partial charge in [0.2, 0.25) is 0 Å². The fourth-order valence-electron chi connectivity index (χ4n) is 2.35. The van der Waals surface area contributed by atoms with Gasteiger partial charge >= 0.3 is 51.4 Å². The summed E-state index contributed by atoms with van der Waals surface area (Å²) in [6.07, 6.45) is 5.05. The standard InChI is InChI=1S/C10H15.K/c1-7-4-8-6-9(5-7)10(8,2)3;/h4,8-9H,1,5-6H2,2-3H3;/q;+1. The van der Waals surface area contributed by atoms with Crippen LogP contribution in [0.1, 0.15) is 26.7 Å². The van der Waals surface area contributed by atoms with Crippen LogP contribution in [0.2, 0.25) is 0 Å². The number of fused-ring (bicyclic) bond motifs is 1. The van der Waals surface area contributed by atoms with E-state index >= 15 is 0 Å². The second-order valence-corrected chi connectivity index (χ2v) is 4.39. The van der Waals surface area contributed by atoms with E-state index in [2.05, 4.69) is 26.8 Å². The monoisotopic (exact) mass is 174 g/mol. The minimum absolute atomic E-state index is 0. The van der Waals surface area contributed by atoms with Gasteiger partial charge in [-0.05, 0) is 37.0 Å². The Labute approximate surface area is 112 Å². The third kappa shape index (κ3) is 1.55. The molecule has 3 rings (SSSR count). The van der Waals surface area contributed by atoms with Crippen LogP contribution < -0.4 is 51.4 Å². The molecule has 0 spiro atoms. The van der Waals surface area contributed by atoms with Crippen molar-refractivity contribution in [3.8, 4) is 0 Å². The second kappa shape index (κ2) is 3.26. The van der Waals surface area contributed by atoms with Crippen molar-refractivity contribution in [3.05, 3.63) is 18.6 Å². The zero-order valence-corrected chi connectivity index (χ0v) is 11.0. The molecule has 2 atom stereocenters. The van der Waals surface area contributed by atoms with E-state index in [-0.39, 0.29) is 51.4 Å². The van der Waals surface area contributed by atoms with Gasteiger partial charge in [-0.2, -0.15) is 0 Å². The zero-order chi connectivity index (χ0) is 7.35. The summed E-state index contributed by atoms with van der Waals surface area (Å²) in [5.74, 6) is 1.79. The molecule has 55 valence electrons. The molecule has 0 heterocycles. The van der Waals surface area contributed by atoms with Crippen LogP contribution in [0, 0.1) is 24.2 Å². The molecule has 0 N–H and O–H groups in total. The summed E-state index contributed by atoms with van der Waals surface area (Å²) in [5.41, 5.74) is 1.97. The Morgan fingerprint density at radius 1 is 1.55 bits per heavy atom. The van der Waals surface area contributed by atoms with E-state index in [1.54, 1.807) is 0 Å². The van der Waals surface area contributed by atoms with E-state index in [4.69, 9.17) is 0 Å². The first-order chi connectivity index (χ1) is 4.60. The molecule has 1 saturated carbocycles. The van der Waals surface area contributed by atoms with Gasteiger partial charge in [-0.25, -0.2) is 0 Å². The van der Waals surface area contributed by atoms with E-state index in [9.17, 15) is 0 Å². The average Bonchev–Trinajstić information content (AvgIpc) is 1.87. The van der Waals surface area contributed by atoms with Crippen LogP contribution in [0.4, 0.5) is 0 Å². The van der Waals surface area contributed by atoms with Crippen molar-refractivity contribution < 1.29 is 51.4 Å². The van der Waals surface area contributed by atoms with Gasteiger partial charge in [0.1, 0.15) is 0 Å². The van der Waals surface area contributed by atoms with Gasteiger partial charge in [-0.15, -0.1) is 0 Å². The molecule has 2 unspecified atom stereocenters. The average molecular weight is 174 g/mol. The molecule has 3 aliphatic carbocycles. The quantitative estimate of drug-likeness (QED) is 0.447. The molecule has 1 heteroatoms. The zero-order valence-electron chi connectivity index (χ0n) is 7.85. The molecule has 1 radical (unpaired) electrons. The molecule has 0 saturated heterocycles. The molecule has 0 aromatic rings. The van der Waals surface area contributed by atoms with E-state index in [1.807, 2.05) is 0 Å². The van der Waals surface area contributed by atoms with Gasteiger partial charge in [0.25, 0.3) is 0 Å². The number of hydrogen-bond acceptors (Lipinski definition) is 0. The third-order valence-electron chi connectivity index (χ3n) is 3.49. The maximum Gasteiger partial charge on any atom is 1.00 e. The third-order valence-corrected chi connectivity index (χ3v) is 3.49. The molecular weight excluding hydrogens is 159 g/mol. The van der Waals surface area contributed by atoms with Crippen LogP contribution in [-0.2, 0) is 0 Å². The minimum atomic E-state index is 0. The Bertz CT molecular complexity index is 191. The molecule has 0 amide bonds. The predicted octanol–water partition coefficient (Wildman–Crippen LogP) is -0.183. The van der Waals surface area contributed by atoms with Crippen molar-refractivity contribution in [1.82, 2.24) is 0 Å². The Hall–Kier alpha value is 1.38. The smallest absolute Gasteiger partial charge is 0.0816 e. The van der Waals surface area contributed by atoms with Gasteiger partial charge in [-0.1, -0.05) is 25.5 Å². The molecule has 11 heavy (non-hydrogen) atoms. The van der Waals surface area contributed by atoms with Crippen molar-refractivity contribution in [2.75, 3.05) is 0 Å². The number of hydrogen-bond donors (Lipinski definition) is 0. The summed E-state index contributed by atoms with van der Waals surface area (Å²) in [4.78, 5) is 0.